The van der Waals surface area contributed by atoms with Crippen LogP contribution in [0.2, 0.25) is 0 Å². The zero-order chi connectivity index (χ0) is 15.2. The van der Waals surface area contributed by atoms with Crippen molar-refractivity contribution in [1.29, 1.82) is 0 Å². The molecule has 0 unspecified atom stereocenters. The maximum absolute atomic E-state index is 12.2. The number of nitrogens with zero attached hydrogens (tertiary/aromatic N) is 1. The largest absolute Gasteiger partial charge is 0.468 e. The molecule has 0 aliphatic carbocycles. The number of hydrogen-bond donors (Lipinski definition) is 0. The van der Waals surface area contributed by atoms with E-state index in [4.69, 9.17) is 4.74 Å². The molecule has 1 heterocycles. The first-order chi connectivity index (χ1) is 9.42. The number of sulfonamides is 1. The van der Waals surface area contributed by atoms with E-state index in [1.165, 1.54) is 7.11 Å². The summed E-state index contributed by atoms with van der Waals surface area (Å²) in [5, 5.41) is 0. The molecular weight excluding hydrogens is 286 g/mol. The molecule has 1 atom stereocenters. The first kappa shape index (κ1) is 16.9. The van der Waals surface area contributed by atoms with Gasteiger partial charge in [-0.15, -0.1) is 0 Å². The zero-order valence-electron chi connectivity index (χ0n) is 11.8. The average Bonchev–Trinajstić information content (AvgIpc) is 2.45. The van der Waals surface area contributed by atoms with Gasteiger partial charge in [-0.3, -0.25) is 9.59 Å². The molecule has 0 aromatic carbocycles. The highest BCUT2D eigenvalue weighted by Gasteiger charge is 2.37. The first-order valence-electron chi connectivity index (χ1n) is 6.65. The lowest BCUT2D eigenvalue weighted by molar-refractivity contribution is -0.146. The minimum Gasteiger partial charge on any atom is -0.468 e. The first-order valence-corrected chi connectivity index (χ1v) is 8.26. The Labute approximate surface area is 119 Å². The lowest BCUT2D eigenvalue weighted by atomic mass is 10.1. The SMILES string of the molecule is CCOC(=O)CCS(=O)(=O)N1CCCC[C@@H]1C(=O)OC. The number of carbonyl (C=O) groups excluding carboxylic acids is 2. The highest BCUT2D eigenvalue weighted by molar-refractivity contribution is 7.89. The normalized spacial score (nSPS) is 20.4. The van der Waals surface area contributed by atoms with Gasteiger partial charge in [-0.2, -0.15) is 4.31 Å². The molecule has 1 rings (SSSR count). The standard InChI is InChI=1S/C12H21NO6S/c1-3-19-11(14)7-9-20(16,17)13-8-5-4-6-10(13)12(15)18-2/h10H,3-9H2,1-2H3/t10-/m1/s1. The second-order valence-corrected chi connectivity index (χ2v) is 6.56. The Morgan fingerprint density at radius 1 is 1.30 bits per heavy atom. The predicted molar refractivity (Wildman–Crippen MR) is 71.4 cm³/mol. The maximum atomic E-state index is 12.2. The molecule has 0 spiro atoms. The van der Waals surface area contributed by atoms with Gasteiger partial charge in [0.25, 0.3) is 0 Å². The molecule has 116 valence electrons. The fourth-order valence-corrected chi connectivity index (χ4v) is 3.82. The Hall–Kier alpha value is -1.15. The van der Waals surface area contributed by atoms with Crippen molar-refractivity contribution in [3.8, 4) is 0 Å². The van der Waals surface area contributed by atoms with E-state index in [1.807, 2.05) is 0 Å². The van der Waals surface area contributed by atoms with E-state index in [0.29, 0.717) is 12.8 Å². The van der Waals surface area contributed by atoms with Gasteiger partial charge in [0.15, 0.2) is 0 Å². The average molecular weight is 307 g/mol. The summed E-state index contributed by atoms with van der Waals surface area (Å²) in [5.41, 5.74) is 0. The van der Waals surface area contributed by atoms with Crippen molar-refractivity contribution in [2.45, 2.75) is 38.6 Å². The fraction of sp³-hybridized carbons (Fsp3) is 0.833. The molecule has 8 heteroatoms. The molecular formula is C12H21NO6S. The fourth-order valence-electron chi connectivity index (χ4n) is 2.17. The summed E-state index contributed by atoms with van der Waals surface area (Å²) in [6, 6.07) is -0.777. The van der Waals surface area contributed by atoms with Crippen LogP contribution in [0, 0.1) is 0 Å². The van der Waals surface area contributed by atoms with Crippen LogP contribution < -0.4 is 0 Å². The zero-order valence-corrected chi connectivity index (χ0v) is 12.6. The molecule has 1 aliphatic heterocycles. The summed E-state index contributed by atoms with van der Waals surface area (Å²) in [5.74, 6) is -1.45. The molecule has 0 bridgehead atoms. The Kier molecular flexibility index (Phi) is 6.41. The quantitative estimate of drug-likeness (QED) is 0.655. The van der Waals surface area contributed by atoms with Crippen LogP contribution in [0.1, 0.15) is 32.6 Å². The topological polar surface area (TPSA) is 90.0 Å². The Morgan fingerprint density at radius 3 is 2.60 bits per heavy atom. The van der Waals surface area contributed by atoms with Gasteiger partial charge in [0.2, 0.25) is 10.0 Å². The van der Waals surface area contributed by atoms with Crippen molar-refractivity contribution in [1.82, 2.24) is 4.31 Å². The predicted octanol–water partition coefficient (Wildman–Crippen LogP) is 0.297. The third kappa shape index (κ3) is 4.45. The van der Waals surface area contributed by atoms with Crippen molar-refractivity contribution >= 4 is 22.0 Å². The number of esters is 2. The van der Waals surface area contributed by atoms with Crippen LogP contribution in [0.3, 0.4) is 0 Å². The lowest BCUT2D eigenvalue weighted by Gasteiger charge is -2.32. The maximum Gasteiger partial charge on any atom is 0.324 e. The van der Waals surface area contributed by atoms with Crippen LogP contribution in [0.5, 0.6) is 0 Å². The van der Waals surface area contributed by atoms with Gasteiger partial charge in [0, 0.05) is 6.54 Å². The summed E-state index contributed by atoms with van der Waals surface area (Å²) in [7, 11) is -2.43. The second kappa shape index (κ2) is 7.58. The molecule has 0 aromatic rings. The van der Waals surface area contributed by atoms with E-state index in [-0.39, 0.29) is 25.3 Å². The van der Waals surface area contributed by atoms with Gasteiger partial charge >= 0.3 is 11.9 Å². The summed E-state index contributed by atoms with van der Waals surface area (Å²) in [4.78, 5) is 22.9. The molecule has 0 N–H and O–H groups in total. The van der Waals surface area contributed by atoms with E-state index in [1.54, 1.807) is 6.92 Å². The van der Waals surface area contributed by atoms with Crippen LogP contribution in [0.4, 0.5) is 0 Å². The summed E-state index contributed by atoms with van der Waals surface area (Å²) >= 11 is 0. The Morgan fingerprint density at radius 2 is 2.00 bits per heavy atom. The van der Waals surface area contributed by atoms with Crippen molar-refractivity contribution in [2.24, 2.45) is 0 Å². The second-order valence-electron chi connectivity index (χ2n) is 4.52. The van der Waals surface area contributed by atoms with Gasteiger partial charge in [0.05, 0.1) is 25.9 Å². The van der Waals surface area contributed by atoms with E-state index < -0.39 is 28.0 Å². The smallest absolute Gasteiger partial charge is 0.324 e. The van der Waals surface area contributed by atoms with Gasteiger partial charge in [-0.1, -0.05) is 0 Å². The molecule has 1 fully saturated rings. The lowest BCUT2D eigenvalue weighted by Crippen LogP contribution is -2.49. The number of rotatable bonds is 6. The van der Waals surface area contributed by atoms with Crippen LogP contribution in [-0.4, -0.2) is 56.7 Å². The van der Waals surface area contributed by atoms with Crippen molar-refractivity contribution in [3.05, 3.63) is 0 Å². The van der Waals surface area contributed by atoms with E-state index in [0.717, 1.165) is 10.7 Å². The highest BCUT2D eigenvalue weighted by atomic mass is 32.2. The Balaban J connectivity index is 2.72. The van der Waals surface area contributed by atoms with Crippen LogP contribution in [0.15, 0.2) is 0 Å². The minimum atomic E-state index is -3.67. The number of carbonyl (C=O) groups is 2. The number of piperidine rings is 1. The Bertz CT molecular complexity index is 447. The number of ether oxygens (including phenoxy) is 2. The van der Waals surface area contributed by atoms with Gasteiger partial charge in [-0.05, 0) is 26.2 Å². The van der Waals surface area contributed by atoms with Crippen LogP contribution >= 0.6 is 0 Å². The van der Waals surface area contributed by atoms with Crippen molar-refractivity contribution < 1.29 is 27.5 Å². The van der Waals surface area contributed by atoms with Crippen LogP contribution in [0.25, 0.3) is 0 Å². The van der Waals surface area contributed by atoms with Gasteiger partial charge in [-0.25, -0.2) is 8.42 Å². The van der Waals surface area contributed by atoms with E-state index in [2.05, 4.69) is 4.74 Å². The molecule has 0 amide bonds. The van der Waals surface area contributed by atoms with Crippen molar-refractivity contribution in [3.63, 3.8) is 0 Å². The molecule has 0 radical (unpaired) electrons. The minimum absolute atomic E-state index is 0.208. The summed E-state index contributed by atoms with van der Waals surface area (Å²) < 4.78 is 35.0. The van der Waals surface area contributed by atoms with E-state index in [9.17, 15) is 18.0 Å². The molecule has 0 aromatic heterocycles. The van der Waals surface area contributed by atoms with Gasteiger partial charge < -0.3 is 9.47 Å². The van der Waals surface area contributed by atoms with E-state index >= 15 is 0 Å². The number of methoxy groups -OCH3 is 1. The summed E-state index contributed by atoms with van der Waals surface area (Å²) in [6.07, 6.45) is 1.72. The molecule has 1 saturated heterocycles. The molecule has 0 saturated carbocycles. The third-order valence-electron chi connectivity index (χ3n) is 3.15. The highest BCUT2D eigenvalue weighted by Crippen LogP contribution is 2.22. The third-order valence-corrected chi connectivity index (χ3v) is 5.03. The van der Waals surface area contributed by atoms with Crippen LogP contribution in [-0.2, 0) is 29.1 Å². The molecule has 7 nitrogen and oxygen atoms in total. The monoisotopic (exact) mass is 307 g/mol. The molecule has 20 heavy (non-hydrogen) atoms. The van der Waals surface area contributed by atoms with Gasteiger partial charge in [0.1, 0.15) is 6.04 Å². The van der Waals surface area contributed by atoms with Crippen molar-refractivity contribution in [2.75, 3.05) is 26.0 Å². The number of hydrogen-bond acceptors (Lipinski definition) is 6. The molecule has 1 aliphatic rings. The summed E-state index contributed by atoms with van der Waals surface area (Å²) in [6.45, 7) is 2.16.